The van der Waals surface area contributed by atoms with Crippen LogP contribution in [-0.2, 0) is 6.54 Å². The number of likely N-dealkylation sites (N-methyl/N-ethyl adjacent to an activating group) is 1. The van der Waals surface area contributed by atoms with Crippen LogP contribution in [0.25, 0.3) is 0 Å². The van der Waals surface area contributed by atoms with Gasteiger partial charge in [0.15, 0.2) is 5.96 Å². The Labute approximate surface area is 129 Å². The molecule has 1 aromatic carbocycles. The Morgan fingerprint density at radius 2 is 1.81 bits per heavy atom. The zero-order valence-corrected chi connectivity index (χ0v) is 13.7. The minimum atomic E-state index is 0.711. The highest BCUT2D eigenvalue weighted by Crippen LogP contribution is 1.99. The minimum absolute atomic E-state index is 0.711. The molecule has 0 fully saturated rings. The molecule has 1 rings (SSSR count). The largest absolute Gasteiger partial charge is 0.357 e. The Morgan fingerprint density at radius 1 is 1.05 bits per heavy atom. The molecule has 0 spiro atoms. The van der Waals surface area contributed by atoms with E-state index in [1.54, 1.807) is 0 Å². The summed E-state index contributed by atoms with van der Waals surface area (Å²) in [5.74, 6) is 0.897. The lowest BCUT2D eigenvalue weighted by molar-refractivity contribution is 0.293. The van der Waals surface area contributed by atoms with E-state index in [4.69, 9.17) is 0 Å². The fourth-order valence-electron chi connectivity index (χ4n) is 2.17. The summed E-state index contributed by atoms with van der Waals surface area (Å²) < 4.78 is 0. The molecule has 0 aliphatic rings. The van der Waals surface area contributed by atoms with Gasteiger partial charge in [-0.1, -0.05) is 44.2 Å². The summed E-state index contributed by atoms with van der Waals surface area (Å²) in [5, 5.41) is 6.71. The third-order valence-corrected chi connectivity index (χ3v) is 3.31. The predicted molar refractivity (Wildman–Crippen MR) is 91.7 cm³/mol. The molecule has 21 heavy (non-hydrogen) atoms. The van der Waals surface area contributed by atoms with Gasteiger partial charge in [0.2, 0.25) is 0 Å². The maximum Gasteiger partial charge on any atom is 0.191 e. The van der Waals surface area contributed by atoms with Gasteiger partial charge in [0.25, 0.3) is 0 Å². The monoisotopic (exact) mass is 290 g/mol. The average molecular weight is 290 g/mol. The van der Waals surface area contributed by atoms with E-state index in [1.165, 1.54) is 12.0 Å². The summed E-state index contributed by atoms with van der Waals surface area (Å²) in [7, 11) is 0. The fraction of sp³-hybridized carbons (Fsp3) is 0.588. The molecule has 1 aromatic rings. The second-order valence-corrected chi connectivity index (χ2v) is 5.04. The number of hydrogen-bond donors (Lipinski definition) is 2. The number of guanidine groups is 1. The third-order valence-electron chi connectivity index (χ3n) is 3.31. The van der Waals surface area contributed by atoms with Gasteiger partial charge in [0, 0.05) is 19.6 Å². The van der Waals surface area contributed by atoms with Gasteiger partial charge < -0.3 is 15.5 Å². The van der Waals surface area contributed by atoms with E-state index in [1.807, 2.05) is 6.07 Å². The van der Waals surface area contributed by atoms with Crippen molar-refractivity contribution < 1.29 is 0 Å². The molecule has 4 heteroatoms. The second kappa shape index (κ2) is 11.1. The molecule has 2 N–H and O–H groups in total. The third kappa shape index (κ3) is 7.71. The van der Waals surface area contributed by atoms with Crippen LogP contribution < -0.4 is 10.6 Å². The van der Waals surface area contributed by atoms with Crippen molar-refractivity contribution in [2.24, 2.45) is 4.99 Å². The van der Waals surface area contributed by atoms with Gasteiger partial charge in [0.05, 0.1) is 6.54 Å². The van der Waals surface area contributed by atoms with Crippen LogP contribution in [0.3, 0.4) is 0 Å². The number of benzene rings is 1. The van der Waals surface area contributed by atoms with Gasteiger partial charge in [-0.15, -0.1) is 0 Å². The lowest BCUT2D eigenvalue weighted by atomic mass is 10.2. The molecule has 0 bridgehead atoms. The first-order valence-electron chi connectivity index (χ1n) is 8.08. The van der Waals surface area contributed by atoms with Crippen LogP contribution in [0.15, 0.2) is 35.3 Å². The van der Waals surface area contributed by atoms with Crippen LogP contribution in [-0.4, -0.2) is 43.6 Å². The molecule has 0 amide bonds. The molecule has 0 heterocycles. The van der Waals surface area contributed by atoms with Crippen LogP contribution in [0.1, 0.15) is 32.8 Å². The van der Waals surface area contributed by atoms with Gasteiger partial charge in [-0.25, -0.2) is 4.99 Å². The SMILES string of the molecule is CCCN(CC)CCNC(=NCc1ccccc1)NCC. The Hall–Kier alpha value is -1.55. The summed E-state index contributed by atoms with van der Waals surface area (Å²) in [6, 6.07) is 10.3. The first kappa shape index (κ1) is 17.5. The molecule has 4 nitrogen and oxygen atoms in total. The lowest BCUT2D eigenvalue weighted by Gasteiger charge is -2.20. The summed E-state index contributed by atoms with van der Waals surface area (Å²) in [6.45, 7) is 12.4. The van der Waals surface area contributed by atoms with Crippen molar-refractivity contribution in [3.63, 3.8) is 0 Å². The van der Waals surface area contributed by atoms with Crippen molar-refractivity contribution >= 4 is 5.96 Å². The summed E-state index contributed by atoms with van der Waals surface area (Å²) in [5.41, 5.74) is 1.23. The maximum absolute atomic E-state index is 4.63. The maximum atomic E-state index is 4.63. The van der Waals surface area contributed by atoms with Crippen molar-refractivity contribution in [2.75, 3.05) is 32.7 Å². The highest BCUT2D eigenvalue weighted by Gasteiger charge is 2.01. The number of rotatable bonds is 9. The van der Waals surface area contributed by atoms with Gasteiger partial charge in [0.1, 0.15) is 0 Å². The highest BCUT2D eigenvalue weighted by molar-refractivity contribution is 5.79. The van der Waals surface area contributed by atoms with Gasteiger partial charge in [-0.3, -0.25) is 0 Å². The zero-order chi connectivity index (χ0) is 15.3. The van der Waals surface area contributed by atoms with Crippen LogP contribution in [0.2, 0.25) is 0 Å². The molecular weight excluding hydrogens is 260 g/mol. The summed E-state index contributed by atoms with van der Waals surface area (Å²) >= 11 is 0. The van der Waals surface area contributed by atoms with Crippen molar-refractivity contribution in [3.8, 4) is 0 Å². The molecule has 0 atom stereocenters. The van der Waals surface area contributed by atoms with E-state index in [2.05, 4.69) is 65.6 Å². The van der Waals surface area contributed by atoms with Crippen LogP contribution in [0, 0.1) is 0 Å². The first-order valence-corrected chi connectivity index (χ1v) is 8.08. The van der Waals surface area contributed by atoms with E-state index in [-0.39, 0.29) is 0 Å². The van der Waals surface area contributed by atoms with Crippen molar-refractivity contribution in [1.29, 1.82) is 0 Å². The summed E-state index contributed by atoms with van der Waals surface area (Å²) in [6.07, 6.45) is 1.20. The number of nitrogens with zero attached hydrogens (tertiary/aromatic N) is 2. The molecule has 118 valence electrons. The Balaban J connectivity index is 2.41. The molecule has 0 aliphatic carbocycles. The number of hydrogen-bond acceptors (Lipinski definition) is 2. The van der Waals surface area contributed by atoms with E-state index in [0.29, 0.717) is 6.54 Å². The Kier molecular flexibility index (Phi) is 9.29. The molecule has 0 saturated heterocycles. The van der Waals surface area contributed by atoms with E-state index < -0.39 is 0 Å². The predicted octanol–water partition coefficient (Wildman–Crippen LogP) is 2.47. The fourth-order valence-corrected chi connectivity index (χ4v) is 2.17. The van der Waals surface area contributed by atoms with Crippen LogP contribution >= 0.6 is 0 Å². The second-order valence-electron chi connectivity index (χ2n) is 5.04. The number of nitrogens with one attached hydrogen (secondary N) is 2. The summed E-state index contributed by atoms with van der Waals surface area (Å²) in [4.78, 5) is 7.08. The van der Waals surface area contributed by atoms with E-state index in [9.17, 15) is 0 Å². The topological polar surface area (TPSA) is 39.7 Å². The molecular formula is C17H30N4. The van der Waals surface area contributed by atoms with Gasteiger partial charge >= 0.3 is 0 Å². The average Bonchev–Trinajstić information content (AvgIpc) is 2.52. The van der Waals surface area contributed by atoms with Crippen molar-refractivity contribution in [2.45, 2.75) is 33.7 Å². The van der Waals surface area contributed by atoms with E-state index >= 15 is 0 Å². The van der Waals surface area contributed by atoms with Gasteiger partial charge in [-0.2, -0.15) is 0 Å². The first-order chi connectivity index (χ1) is 10.3. The Bertz CT molecular complexity index is 389. The quantitative estimate of drug-likeness (QED) is 0.542. The zero-order valence-electron chi connectivity index (χ0n) is 13.7. The van der Waals surface area contributed by atoms with Gasteiger partial charge in [-0.05, 0) is 32.0 Å². The Morgan fingerprint density at radius 3 is 2.43 bits per heavy atom. The molecule has 0 unspecified atom stereocenters. The molecule has 0 saturated carbocycles. The molecule has 0 aromatic heterocycles. The molecule has 0 radical (unpaired) electrons. The van der Waals surface area contributed by atoms with Crippen LogP contribution in [0.4, 0.5) is 0 Å². The highest BCUT2D eigenvalue weighted by atomic mass is 15.2. The molecule has 0 aliphatic heterocycles. The van der Waals surface area contributed by atoms with E-state index in [0.717, 1.165) is 38.7 Å². The standard InChI is InChI=1S/C17H30N4/c1-4-13-21(6-3)14-12-19-17(18-5-2)20-15-16-10-8-7-9-11-16/h7-11H,4-6,12-15H2,1-3H3,(H2,18,19,20). The smallest absolute Gasteiger partial charge is 0.191 e. The minimum Gasteiger partial charge on any atom is -0.357 e. The van der Waals surface area contributed by atoms with Crippen molar-refractivity contribution in [1.82, 2.24) is 15.5 Å². The normalized spacial score (nSPS) is 11.7. The lowest BCUT2D eigenvalue weighted by Crippen LogP contribution is -2.41. The van der Waals surface area contributed by atoms with Crippen LogP contribution in [0.5, 0.6) is 0 Å². The van der Waals surface area contributed by atoms with Crippen molar-refractivity contribution in [3.05, 3.63) is 35.9 Å². The number of aliphatic imine (C=N–C) groups is 1.